The number of amides is 2. The summed E-state index contributed by atoms with van der Waals surface area (Å²) >= 11 is 0. The van der Waals surface area contributed by atoms with Crippen LogP contribution in [0.2, 0.25) is 0 Å². The first-order chi connectivity index (χ1) is 10.2. The average molecular weight is 291 g/mol. The number of carbonyl (C=O) groups excluding carboxylic acids is 1. The highest BCUT2D eigenvalue weighted by Crippen LogP contribution is 2.33. The molecule has 1 saturated heterocycles. The zero-order valence-electron chi connectivity index (χ0n) is 12.5. The Kier molecular flexibility index (Phi) is 3.98. The van der Waals surface area contributed by atoms with Gasteiger partial charge in [0.25, 0.3) is 0 Å². The van der Waals surface area contributed by atoms with Crippen LogP contribution in [0.3, 0.4) is 0 Å². The van der Waals surface area contributed by atoms with Crippen molar-refractivity contribution in [2.75, 3.05) is 45.8 Å². The molecular weight excluding hydrogens is 270 g/mol. The van der Waals surface area contributed by atoms with Gasteiger partial charge in [-0.3, -0.25) is 4.90 Å². The van der Waals surface area contributed by atoms with E-state index in [-0.39, 0.29) is 6.03 Å². The maximum Gasteiger partial charge on any atom is 0.322 e. The summed E-state index contributed by atoms with van der Waals surface area (Å²) in [6.07, 6.45) is 0. The smallest absolute Gasteiger partial charge is 0.322 e. The molecular formula is C15H21N3O3. The van der Waals surface area contributed by atoms with Crippen molar-refractivity contribution in [3.05, 3.63) is 23.3 Å². The van der Waals surface area contributed by atoms with Gasteiger partial charge >= 0.3 is 6.03 Å². The third-order valence-electron chi connectivity index (χ3n) is 3.94. The molecule has 3 rings (SSSR count). The Bertz CT molecular complexity index is 541. The highest BCUT2D eigenvalue weighted by atomic mass is 16.5. The summed E-state index contributed by atoms with van der Waals surface area (Å²) in [7, 11) is 3.71. The molecule has 0 aromatic heterocycles. The number of hydrogen-bond acceptors (Lipinski definition) is 4. The molecule has 0 unspecified atom stereocenters. The summed E-state index contributed by atoms with van der Waals surface area (Å²) in [5.74, 6) is 0.714. The molecule has 114 valence electrons. The van der Waals surface area contributed by atoms with E-state index in [0.29, 0.717) is 32.1 Å². The van der Waals surface area contributed by atoms with E-state index in [1.54, 1.807) is 12.0 Å². The Hall–Kier alpha value is -1.79. The average Bonchev–Trinajstić information content (AvgIpc) is 2.86. The number of nitrogens with zero attached hydrogens (tertiary/aromatic N) is 2. The topological polar surface area (TPSA) is 54.0 Å². The summed E-state index contributed by atoms with van der Waals surface area (Å²) < 4.78 is 10.7. The van der Waals surface area contributed by atoms with E-state index in [2.05, 4.69) is 17.3 Å². The van der Waals surface area contributed by atoms with E-state index in [1.165, 1.54) is 11.1 Å². The number of hydrogen-bond donors (Lipinski definition) is 1. The molecule has 1 N–H and O–H groups in total. The highest BCUT2D eigenvalue weighted by Gasteiger charge is 2.22. The Balaban J connectivity index is 1.78. The molecule has 0 aliphatic carbocycles. The Morgan fingerprint density at radius 3 is 2.57 bits per heavy atom. The molecule has 0 saturated carbocycles. The fraction of sp³-hybridized carbons (Fsp3) is 0.533. The van der Waals surface area contributed by atoms with Gasteiger partial charge in [0.15, 0.2) is 0 Å². The van der Waals surface area contributed by atoms with E-state index in [0.717, 1.165) is 18.8 Å². The van der Waals surface area contributed by atoms with Crippen LogP contribution >= 0.6 is 0 Å². The first-order valence-corrected chi connectivity index (χ1v) is 7.19. The second kappa shape index (κ2) is 5.91. The van der Waals surface area contributed by atoms with E-state index in [4.69, 9.17) is 9.47 Å². The summed E-state index contributed by atoms with van der Waals surface area (Å²) in [6.45, 7) is 4.27. The number of nitrogens with one attached hydrogen (secondary N) is 1. The monoisotopic (exact) mass is 291 g/mol. The van der Waals surface area contributed by atoms with Crippen LogP contribution in [0, 0.1) is 0 Å². The van der Waals surface area contributed by atoms with Gasteiger partial charge in [-0.1, -0.05) is 0 Å². The van der Waals surface area contributed by atoms with Crippen LogP contribution in [0.1, 0.15) is 11.1 Å². The van der Waals surface area contributed by atoms with Gasteiger partial charge in [-0.2, -0.15) is 0 Å². The van der Waals surface area contributed by atoms with Crippen LogP contribution in [0.25, 0.3) is 0 Å². The van der Waals surface area contributed by atoms with Crippen molar-refractivity contribution < 1.29 is 14.3 Å². The lowest BCUT2D eigenvalue weighted by Gasteiger charge is -2.27. The molecule has 6 heteroatoms. The lowest BCUT2D eigenvalue weighted by atomic mass is 10.1. The fourth-order valence-electron chi connectivity index (χ4n) is 2.83. The Morgan fingerprint density at radius 1 is 1.24 bits per heavy atom. The third kappa shape index (κ3) is 2.96. The number of ether oxygens (including phenoxy) is 2. The molecule has 2 aliphatic rings. The van der Waals surface area contributed by atoms with Crippen LogP contribution in [-0.4, -0.2) is 56.3 Å². The molecule has 0 radical (unpaired) electrons. The van der Waals surface area contributed by atoms with Crippen molar-refractivity contribution in [3.63, 3.8) is 0 Å². The number of carbonyl (C=O) groups is 1. The molecule has 6 nitrogen and oxygen atoms in total. The molecule has 21 heavy (non-hydrogen) atoms. The van der Waals surface area contributed by atoms with Crippen LogP contribution in [0.15, 0.2) is 12.1 Å². The van der Waals surface area contributed by atoms with Gasteiger partial charge in [0, 0.05) is 26.2 Å². The summed E-state index contributed by atoms with van der Waals surface area (Å²) in [6, 6.07) is 3.95. The minimum atomic E-state index is -0.0945. The number of urea groups is 1. The van der Waals surface area contributed by atoms with Gasteiger partial charge in [0.2, 0.25) is 0 Å². The van der Waals surface area contributed by atoms with Crippen LogP contribution in [-0.2, 0) is 17.8 Å². The van der Waals surface area contributed by atoms with Crippen molar-refractivity contribution in [2.45, 2.75) is 13.1 Å². The predicted molar refractivity (Wildman–Crippen MR) is 79.6 cm³/mol. The van der Waals surface area contributed by atoms with E-state index >= 15 is 0 Å². The molecule has 0 spiro atoms. The highest BCUT2D eigenvalue weighted by molar-refractivity contribution is 5.91. The van der Waals surface area contributed by atoms with Gasteiger partial charge in [-0.05, 0) is 30.3 Å². The molecule has 2 amide bonds. The number of rotatable bonds is 2. The van der Waals surface area contributed by atoms with E-state index < -0.39 is 0 Å². The van der Waals surface area contributed by atoms with Crippen molar-refractivity contribution >= 4 is 11.7 Å². The lowest BCUT2D eigenvalue weighted by Crippen LogP contribution is -2.43. The van der Waals surface area contributed by atoms with Crippen molar-refractivity contribution in [1.29, 1.82) is 0 Å². The van der Waals surface area contributed by atoms with Gasteiger partial charge in [-0.25, -0.2) is 4.79 Å². The summed E-state index contributed by atoms with van der Waals surface area (Å²) in [4.78, 5) is 16.3. The predicted octanol–water partition coefficient (Wildman–Crippen LogP) is 1.50. The SMILES string of the molecule is COc1cc2c(cc1NC(=O)N1CCOCC1)CN(C)C2. The largest absolute Gasteiger partial charge is 0.495 e. The standard InChI is InChI=1S/C15H21N3O3/c1-17-9-11-7-13(14(20-2)8-12(11)10-17)16-15(19)18-3-5-21-6-4-18/h7-8H,3-6,9-10H2,1-2H3,(H,16,19). The molecule has 2 heterocycles. The summed E-state index contributed by atoms with van der Waals surface area (Å²) in [5, 5.41) is 2.96. The first-order valence-electron chi connectivity index (χ1n) is 7.19. The minimum Gasteiger partial charge on any atom is -0.495 e. The number of morpholine rings is 1. The van der Waals surface area contributed by atoms with Gasteiger partial charge in [0.05, 0.1) is 26.0 Å². The minimum absolute atomic E-state index is 0.0945. The normalized spacial score (nSPS) is 18.5. The second-order valence-electron chi connectivity index (χ2n) is 5.52. The Morgan fingerprint density at radius 2 is 1.90 bits per heavy atom. The Labute approximate surface area is 124 Å². The van der Waals surface area contributed by atoms with Crippen LogP contribution in [0.5, 0.6) is 5.75 Å². The number of anilines is 1. The number of fused-ring (bicyclic) bond motifs is 1. The van der Waals surface area contributed by atoms with E-state index in [9.17, 15) is 4.79 Å². The van der Waals surface area contributed by atoms with Gasteiger partial charge < -0.3 is 19.7 Å². The van der Waals surface area contributed by atoms with Crippen LogP contribution < -0.4 is 10.1 Å². The number of methoxy groups -OCH3 is 1. The third-order valence-corrected chi connectivity index (χ3v) is 3.94. The first kappa shape index (κ1) is 14.2. The molecule has 0 bridgehead atoms. The van der Waals surface area contributed by atoms with Gasteiger partial charge in [-0.15, -0.1) is 0 Å². The molecule has 2 aliphatic heterocycles. The lowest BCUT2D eigenvalue weighted by molar-refractivity contribution is 0.0564. The van der Waals surface area contributed by atoms with Crippen molar-refractivity contribution in [3.8, 4) is 5.75 Å². The van der Waals surface area contributed by atoms with Crippen molar-refractivity contribution in [1.82, 2.24) is 9.80 Å². The second-order valence-corrected chi connectivity index (χ2v) is 5.52. The maximum atomic E-state index is 12.3. The molecule has 1 fully saturated rings. The van der Waals surface area contributed by atoms with E-state index in [1.807, 2.05) is 12.1 Å². The quantitative estimate of drug-likeness (QED) is 0.897. The molecule has 1 aromatic carbocycles. The number of benzene rings is 1. The zero-order chi connectivity index (χ0) is 14.8. The molecule has 1 aromatic rings. The van der Waals surface area contributed by atoms with Crippen LogP contribution in [0.4, 0.5) is 10.5 Å². The van der Waals surface area contributed by atoms with Gasteiger partial charge in [0.1, 0.15) is 5.75 Å². The zero-order valence-corrected chi connectivity index (χ0v) is 12.5. The van der Waals surface area contributed by atoms with Crippen molar-refractivity contribution in [2.24, 2.45) is 0 Å². The maximum absolute atomic E-state index is 12.3. The molecule has 0 atom stereocenters. The fourth-order valence-corrected chi connectivity index (χ4v) is 2.83. The summed E-state index contributed by atoms with van der Waals surface area (Å²) in [5.41, 5.74) is 3.25.